The van der Waals surface area contributed by atoms with E-state index in [0.717, 1.165) is 33.2 Å². The van der Waals surface area contributed by atoms with Crippen LogP contribution in [0.5, 0.6) is 0 Å². The molecule has 0 aromatic carbocycles. The first-order valence-electron chi connectivity index (χ1n) is 15.0. The second kappa shape index (κ2) is 14.8. The van der Waals surface area contributed by atoms with Gasteiger partial charge in [-0.05, 0) is 39.7 Å². The van der Waals surface area contributed by atoms with Crippen LogP contribution in [0.2, 0.25) is 33.2 Å². The summed E-state index contributed by atoms with van der Waals surface area (Å²) in [5.41, 5.74) is 12.5. The molecule has 0 heterocycles. The van der Waals surface area contributed by atoms with Gasteiger partial charge in [-0.25, -0.2) is 0 Å². The maximum Gasteiger partial charge on any atom is 0.0801 e. The van der Waals surface area contributed by atoms with Crippen LogP contribution in [0, 0.1) is 0 Å². The summed E-state index contributed by atoms with van der Waals surface area (Å²) in [6.45, 7) is 32.9. The molecular weight excluding hydrogens is 431 g/mol. The fraction of sp³-hybridized carbons (Fsp3) is 1.00. The average molecular weight is 498 g/mol. The van der Waals surface area contributed by atoms with Crippen LogP contribution in [0.25, 0.3) is 0 Å². The van der Waals surface area contributed by atoms with Gasteiger partial charge in [0.1, 0.15) is 0 Å². The van der Waals surface area contributed by atoms with Gasteiger partial charge in [-0.15, -0.1) is 0 Å². The van der Waals surface area contributed by atoms with Gasteiger partial charge in [0.05, 0.1) is 16.1 Å². The average Bonchev–Trinajstić information content (AvgIpc) is 2.65. The summed E-state index contributed by atoms with van der Waals surface area (Å²) in [4.78, 5) is 0.0775. The second-order valence-corrected chi connectivity index (χ2v) is 26.3. The van der Waals surface area contributed by atoms with Crippen LogP contribution in [0.1, 0.15) is 154 Å². The molecule has 1 nitrogen and oxygen atoms in total. The molecule has 0 amide bonds. The normalized spacial score (nSPS) is 14.2. The van der Waals surface area contributed by atoms with Crippen LogP contribution in [0.3, 0.4) is 0 Å². The number of rotatable bonds is 18. The van der Waals surface area contributed by atoms with Gasteiger partial charge in [0.15, 0.2) is 0 Å². The Morgan fingerprint density at radius 2 is 0.697 bits per heavy atom. The zero-order chi connectivity index (χ0) is 26.0. The summed E-state index contributed by atoms with van der Waals surface area (Å²) >= 11 is 0. The van der Waals surface area contributed by atoms with Crippen LogP contribution in [0.4, 0.5) is 0 Å². The molecule has 0 bridgehead atoms. The fourth-order valence-corrected chi connectivity index (χ4v) is 33.2. The largest absolute Gasteiger partial charge is 0.330 e. The Balaban J connectivity index is 6.18. The minimum atomic E-state index is -1.86. The Bertz CT molecular complexity index is 432. The van der Waals surface area contributed by atoms with E-state index >= 15 is 0 Å². The predicted octanol–water partition coefficient (Wildman–Crippen LogP) is 11.0. The van der Waals surface area contributed by atoms with Gasteiger partial charge in [0.25, 0.3) is 0 Å². The summed E-state index contributed by atoms with van der Waals surface area (Å²) < 4.78 is 0. The summed E-state index contributed by atoms with van der Waals surface area (Å²) in [6, 6.07) is 0. The molecule has 0 aromatic heterocycles. The highest BCUT2D eigenvalue weighted by molar-refractivity contribution is 7.05. The standard InChI is InChI=1S/C30H67NSi2/c1-14-15-16-17-18-19-20-21-22-23-30(31,32(24(2)3,25(4)5)26(6)7)33(27(8)9,28(10)11)29(12)13/h24-29H,14-23,31H2,1-13H3. The molecule has 0 saturated carbocycles. The summed E-state index contributed by atoms with van der Waals surface area (Å²) in [5.74, 6) is 0. The van der Waals surface area contributed by atoms with Crippen molar-refractivity contribution in [1.82, 2.24) is 0 Å². The van der Waals surface area contributed by atoms with Crippen molar-refractivity contribution in [2.75, 3.05) is 0 Å². The minimum Gasteiger partial charge on any atom is -0.330 e. The van der Waals surface area contributed by atoms with Crippen molar-refractivity contribution in [2.24, 2.45) is 5.73 Å². The van der Waals surface area contributed by atoms with E-state index in [4.69, 9.17) is 5.73 Å². The number of nitrogens with two attached hydrogens (primary N) is 1. The molecule has 0 rings (SSSR count). The van der Waals surface area contributed by atoms with Crippen LogP contribution in [-0.2, 0) is 0 Å². The fourth-order valence-electron chi connectivity index (χ4n) is 9.61. The van der Waals surface area contributed by atoms with E-state index in [1.165, 1.54) is 64.2 Å². The first-order valence-corrected chi connectivity index (χ1v) is 19.5. The molecule has 200 valence electrons. The Morgan fingerprint density at radius 1 is 0.455 bits per heavy atom. The molecule has 0 aliphatic heterocycles. The molecule has 0 unspecified atom stereocenters. The lowest BCUT2D eigenvalue weighted by Gasteiger charge is -2.66. The van der Waals surface area contributed by atoms with Crippen molar-refractivity contribution in [3.63, 3.8) is 0 Å². The maximum atomic E-state index is 8.18. The van der Waals surface area contributed by atoms with Gasteiger partial charge in [-0.2, -0.15) is 0 Å². The van der Waals surface area contributed by atoms with Crippen LogP contribution >= 0.6 is 0 Å². The van der Waals surface area contributed by atoms with Gasteiger partial charge >= 0.3 is 0 Å². The lowest BCUT2D eigenvalue weighted by Crippen LogP contribution is -2.83. The minimum absolute atomic E-state index is 0.0775. The Labute approximate surface area is 213 Å². The first kappa shape index (κ1) is 33.4. The van der Waals surface area contributed by atoms with E-state index in [-0.39, 0.29) is 4.79 Å². The number of hydrogen-bond donors (Lipinski definition) is 1. The van der Waals surface area contributed by atoms with Gasteiger partial charge < -0.3 is 5.73 Å². The summed E-state index contributed by atoms with van der Waals surface area (Å²) in [6.07, 6.45) is 13.9. The Kier molecular flexibility index (Phi) is 15.0. The third-order valence-electron chi connectivity index (χ3n) is 9.95. The van der Waals surface area contributed by atoms with Crippen molar-refractivity contribution in [3.05, 3.63) is 0 Å². The van der Waals surface area contributed by atoms with Crippen molar-refractivity contribution < 1.29 is 0 Å². The van der Waals surface area contributed by atoms with Gasteiger partial charge in [-0.1, -0.05) is 148 Å². The van der Waals surface area contributed by atoms with Crippen LogP contribution in [0.15, 0.2) is 0 Å². The predicted molar refractivity (Wildman–Crippen MR) is 161 cm³/mol. The lowest BCUT2D eigenvalue weighted by atomic mass is 10.1. The van der Waals surface area contributed by atoms with Crippen LogP contribution in [-0.4, -0.2) is 20.9 Å². The van der Waals surface area contributed by atoms with E-state index in [2.05, 4.69) is 90.0 Å². The van der Waals surface area contributed by atoms with E-state index in [0.29, 0.717) is 0 Å². The van der Waals surface area contributed by atoms with Gasteiger partial charge in [0, 0.05) is 4.79 Å². The molecule has 0 aliphatic carbocycles. The molecule has 3 heteroatoms. The maximum absolute atomic E-state index is 8.18. The Morgan fingerprint density at radius 3 is 0.939 bits per heavy atom. The zero-order valence-corrected chi connectivity index (χ0v) is 27.6. The van der Waals surface area contributed by atoms with Crippen molar-refractivity contribution >= 4 is 16.1 Å². The third kappa shape index (κ3) is 6.79. The molecule has 0 aromatic rings. The Hall–Kier alpha value is 0.394. The molecule has 0 saturated heterocycles. The molecular formula is C30H67NSi2. The first-order chi connectivity index (χ1) is 15.2. The van der Waals surface area contributed by atoms with Gasteiger partial charge in [0.2, 0.25) is 0 Å². The molecule has 0 fully saturated rings. The van der Waals surface area contributed by atoms with E-state index in [1.54, 1.807) is 0 Å². The smallest absolute Gasteiger partial charge is 0.0801 e. The topological polar surface area (TPSA) is 26.0 Å². The van der Waals surface area contributed by atoms with Gasteiger partial charge in [-0.3, -0.25) is 0 Å². The molecule has 33 heavy (non-hydrogen) atoms. The van der Waals surface area contributed by atoms with E-state index < -0.39 is 16.1 Å². The SMILES string of the molecule is CCCCCCCCCCCC(N)([Si](C(C)C)(C(C)C)C(C)C)[Si](C(C)C)(C(C)C)C(C)C. The number of unbranched alkanes of at least 4 members (excludes halogenated alkanes) is 8. The molecule has 2 N–H and O–H groups in total. The molecule has 0 aliphatic rings. The van der Waals surface area contributed by atoms with E-state index in [9.17, 15) is 0 Å². The molecule has 0 atom stereocenters. The highest BCUT2D eigenvalue weighted by atomic mass is 28.4. The summed E-state index contributed by atoms with van der Waals surface area (Å²) in [5, 5.41) is 0. The molecule has 0 spiro atoms. The van der Waals surface area contributed by atoms with Crippen molar-refractivity contribution in [3.8, 4) is 0 Å². The quantitative estimate of drug-likeness (QED) is 0.148. The number of hydrogen-bond acceptors (Lipinski definition) is 1. The lowest BCUT2D eigenvalue weighted by molar-refractivity contribution is 0.506. The van der Waals surface area contributed by atoms with Crippen molar-refractivity contribution in [2.45, 2.75) is 192 Å². The highest BCUT2D eigenvalue weighted by Gasteiger charge is 2.67. The molecule has 0 radical (unpaired) electrons. The van der Waals surface area contributed by atoms with E-state index in [1.807, 2.05) is 0 Å². The monoisotopic (exact) mass is 497 g/mol. The summed E-state index contributed by atoms with van der Waals surface area (Å²) in [7, 11) is -3.71. The zero-order valence-electron chi connectivity index (χ0n) is 25.6. The van der Waals surface area contributed by atoms with Crippen LogP contribution < -0.4 is 5.73 Å². The third-order valence-corrected chi connectivity index (χ3v) is 27.6. The van der Waals surface area contributed by atoms with Crippen molar-refractivity contribution in [1.29, 1.82) is 0 Å². The highest BCUT2D eigenvalue weighted by Crippen LogP contribution is 2.59. The second-order valence-electron chi connectivity index (χ2n) is 13.3.